The van der Waals surface area contributed by atoms with E-state index >= 15 is 0 Å². The average Bonchev–Trinajstić information content (AvgIpc) is 3.19. The second-order valence-corrected chi connectivity index (χ2v) is 13.1. The van der Waals surface area contributed by atoms with Crippen LogP contribution < -0.4 is 4.80 Å². The van der Waals surface area contributed by atoms with Gasteiger partial charge in [-0.2, -0.15) is 19.8 Å². The van der Waals surface area contributed by atoms with Crippen LogP contribution in [0.3, 0.4) is 0 Å². The number of thiazole rings is 1. The van der Waals surface area contributed by atoms with Crippen molar-refractivity contribution in [3.63, 3.8) is 0 Å². The quantitative estimate of drug-likeness (QED) is 0.370. The van der Waals surface area contributed by atoms with E-state index in [1.807, 2.05) is 23.6 Å². The summed E-state index contributed by atoms with van der Waals surface area (Å²) in [5.74, 6) is -0.575. The number of rotatable bonds is 10. The molecule has 0 saturated carbocycles. The molecule has 0 aliphatic carbocycles. The van der Waals surface area contributed by atoms with Gasteiger partial charge in [0.05, 0.1) is 32.1 Å². The van der Waals surface area contributed by atoms with Gasteiger partial charge < -0.3 is 4.57 Å². The molecule has 0 aliphatic heterocycles. The minimum atomic E-state index is -3.96. The Balaban J connectivity index is 1.97. The highest BCUT2D eigenvalue weighted by atomic mass is 32.2. The number of carbonyl (C=O) groups is 1. The number of aryl methyl sites for hydroxylation is 1. The van der Waals surface area contributed by atoms with Gasteiger partial charge in [0.2, 0.25) is 10.0 Å². The molecule has 0 N–H and O–H groups in total. The summed E-state index contributed by atoms with van der Waals surface area (Å²) >= 11 is 1.20. The minimum absolute atomic E-state index is 0.0152. The van der Waals surface area contributed by atoms with Gasteiger partial charge in [0, 0.05) is 44.3 Å². The Bertz CT molecular complexity index is 1660. The number of fused-ring (bicyclic) bond motifs is 1. The predicted molar refractivity (Wildman–Crippen MR) is 139 cm³/mol. The van der Waals surface area contributed by atoms with Crippen molar-refractivity contribution in [2.75, 3.05) is 19.3 Å². The Labute approximate surface area is 219 Å². The van der Waals surface area contributed by atoms with Gasteiger partial charge in [-0.15, -0.1) is 0 Å². The van der Waals surface area contributed by atoms with Crippen molar-refractivity contribution in [3.05, 3.63) is 52.8 Å². The van der Waals surface area contributed by atoms with Crippen molar-refractivity contribution in [1.29, 1.82) is 10.5 Å². The summed E-state index contributed by atoms with van der Waals surface area (Å²) in [4.78, 5) is 17.7. The second kappa shape index (κ2) is 11.8. The topological polar surface area (TPSA) is 153 Å². The van der Waals surface area contributed by atoms with E-state index < -0.39 is 25.8 Å². The van der Waals surface area contributed by atoms with Gasteiger partial charge in [0.25, 0.3) is 5.91 Å². The zero-order valence-electron chi connectivity index (χ0n) is 20.3. The number of nitrogens with zero attached hydrogens (tertiary/aromatic N) is 5. The van der Waals surface area contributed by atoms with Gasteiger partial charge in [-0.1, -0.05) is 18.3 Å². The molecule has 194 valence electrons. The Hall–Kier alpha value is -3.36. The van der Waals surface area contributed by atoms with E-state index in [0.29, 0.717) is 16.0 Å². The van der Waals surface area contributed by atoms with Gasteiger partial charge >= 0.3 is 0 Å². The zero-order valence-corrected chi connectivity index (χ0v) is 22.7. The molecule has 0 aliphatic rings. The average molecular weight is 560 g/mol. The summed E-state index contributed by atoms with van der Waals surface area (Å²) in [6, 6.07) is 13.9. The molecule has 2 aromatic carbocycles. The van der Waals surface area contributed by atoms with Crippen molar-refractivity contribution < 1.29 is 21.6 Å². The zero-order chi connectivity index (χ0) is 27.2. The van der Waals surface area contributed by atoms with Gasteiger partial charge in [0.15, 0.2) is 14.6 Å². The van der Waals surface area contributed by atoms with Gasteiger partial charge in [-0.25, -0.2) is 16.8 Å². The predicted octanol–water partition coefficient (Wildman–Crippen LogP) is 3.08. The lowest BCUT2D eigenvalue weighted by Gasteiger charge is -2.20. The Morgan fingerprint density at radius 3 is 2.14 bits per heavy atom. The lowest BCUT2D eigenvalue weighted by molar-refractivity contribution is 0.0997. The van der Waals surface area contributed by atoms with Crippen LogP contribution in [0.2, 0.25) is 0 Å². The fraction of sp³-hybridized carbons (Fsp3) is 0.333. The molecule has 3 aromatic rings. The Kier molecular flexibility index (Phi) is 8.99. The maximum atomic E-state index is 13.0. The van der Waals surface area contributed by atoms with Crippen molar-refractivity contribution in [2.24, 2.45) is 4.99 Å². The number of nitriles is 2. The summed E-state index contributed by atoms with van der Waals surface area (Å²) in [6.45, 7) is 2.47. The van der Waals surface area contributed by atoms with E-state index in [1.54, 1.807) is 12.1 Å². The first-order valence-corrected chi connectivity index (χ1v) is 15.4. The van der Waals surface area contributed by atoms with E-state index in [1.165, 1.54) is 41.7 Å². The Morgan fingerprint density at radius 1 is 1.00 bits per heavy atom. The largest absolute Gasteiger partial charge is 0.316 e. The van der Waals surface area contributed by atoms with E-state index in [2.05, 4.69) is 4.99 Å². The number of amides is 1. The van der Waals surface area contributed by atoms with E-state index in [0.717, 1.165) is 22.5 Å². The van der Waals surface area contributed by atoms with Crippen LogP contribution in [0.5, 0.6) is 0 Å². The van der Waals surface area contributed by atoms with Crippen LogP contribution in [0.15, 0.2) is 57.2 Å². The van der Waals surface area contributed by atoms with Crippen LogP contribution >= 0.6 is 11.3 Å². The first kappa shape index (κ1) is 28.2. The van der Waals surface area contributed by atoms with Crippen LogP contribution in [0.1, 0.15) is 36.5 Å². The molecule has 1 aromatic heterocycles. The molecule has 0 bridgehead atoms. The standard InChI is InChI=1S/C24H25N5O5S3/c1-3-14-29-21-11-10-20(36(2,31)32)17-22(21)35-24(29)27-23(30)18-6-8-19(9-7-18)37(33,34)28(15-4-12-25)16-5-13-26/h6-11,17H,3-5,14-16H2,1-2H3. The third-order valence-electron chi connectivity index (χ3n) is 5.41. The number of hydrogen-bond acceptors (Lipinski definition) is 8. The number of carbonyl (C=O) groups excluding carboxylic acids is 1. The summed E-state index contributed by atoms with van der Waals surface area (Å²) in [6.07, 6.45) is 1.87. The Morgan fingerprint density at radius 2 is 1.59 bits per heavy atom. The molecule has 0 atom stereocenters. The van der Waals surface area contributed by atoms with E-state index in [4.69, 9.17) is 10.5 Å². The molecule has 3 rings (SSSR count). The highest BCUT2D eigenvalue weighted by Gasteiger charge is 2.24. The molecule has 0 unspecified atom stereocenters. The van der Waals surface area contributed by atoms with Crippen LogP contribution in [-0.4, -0.2) is 51.0 Å². The molecule has 0 saturated heterocycles. The lowest BCUT2D eigenvalue weighted by Crippen LogP contribution is -2.32. The third kappa shape index (κ3) is 6.50. The molecule has 13 heteroatoms. The fourth-order valence-electron chi connectivity index (χ4n) is 3.58. The molecule has 0 radical (unpaired) electrons. The summed E-state index contributed by atoms with van der Waals surface area (Å²) < 4.78 is 53.5. The summed E-state index contributed by atoms with van der Waals surface area (Å²) in [5.41, 5.74) is 0.943. The minimum Gasteiger partial charge on any atom is -0.316 e. The SMILES string of the molecule is CCCn1c(=NC(=O)c2ccc(S(=O)(=O)N(CCC#N)CCC#N)cc2)sc2cc(S(C)(=O)=O)ccc21. The van der Waals surface area contributed by atoms with Crippen LogP contribution in [0.25, 0.3) is 10.2 Å². The van der Waals surface area contributed by atoms with Gasteiger partial charge in [0.1, 0.15) is 0 Å². The molecule has 1 amide bonds. The first-order chi connectivity index (χ1) is 17.5. The lowest BCUT2D eigenvalue weighted by atomic mass is 10.2. The van der Waals surface area contributed by atoms with Crippen molar-refractivity contribution in [2.45, 2.75) is 42.5 Å². The van der Waals surface area contributed by atoms with E-state index in [9.17, 15) is 21.6 Å². The number of hydrogen-bond donors (Lipinski definition) is 0. The maximum Gasteiger partial charge on any atom is 0.279 e. The highest BCUT2D eigenvalue weighted by molar-refractivity contribution is 7.90. The number of aromatic nitrogens is 1. The molecule has 37 heavy (non-hydrogen) atoms. The molecule has 1 heterocycles. The number of sulfonamides is 1. The molecule has 0 spiro atoms. The molecular weight excluding hydrogens is 534 g/mol. The fourth-order valence-corrected chi connectivity index (χ4v) is 6.84. The molecule has 10 nitrogen and oxygen atoms in total. The summed E-state index contributed by atoms with van der Waals surface area (Å²) in [7, 11) is -7.35. The second-order valence-electron chi connectivity index (χ2n) is 8.10. The smallest absolute Gasteiger partial charge is 0.279 e. The maximum absolute atomic E-state index is 13.0. The third-order valence-corrected chi connectivity index (χ3v) is 9.48. The summed E-state index contributed by atoms with van der Waals surface area (Å²) in [5, 5.41) is 17.7. The van der Waals surface area contributed by atoms with Crippen molar-refractivity contribution >= 4 is 47.3 Å². The van der Waals surface area contributed by atoms with Gasteiger partial charge in [-0.05, 0) is 48.9 Å². The normalized spacial score (nSPS) is 12.5. The van der Waals surface area contributed by atoms with E-state index in [-0.39, 0.29) is 41.3 Å². The first-order valence-electron chi connectivity index (χ1n) is 11.3. The van der Waals surface area contributed by atoms with Crippen LogP contribution in [-0.2, 0) is 26.4 Å². The molecule has 0 fully saturated rings. The monoisotopic (exact) mass is 559 g/mol. The van der Waals surface area contributed by atoms with Crippen LogP contribution in [0.4, 0.5) is 0 Å². The van der Waals surface area contributed by atoms with Crippen LogP contribution in [0, 0.1) is 22.7 Å². The number of benzene rings is 2. The van der Waals surface area contributed by atoms with Gasteiger partial charge in [-0.3, -0.25) is 4.79 Å². The number of sulfone groups is 1. The van der Waals surface area contributed by atoms with Crippen molar-refractivity contribution in [1.82, 2.24) is 8.87 Å². The van der Waals surface area contributed by atoms with Crippen molar-refractivity contribution in [3.8, 4) is 12.1 Å². The molecular formula is C24H25N5O5S3. The highest BCUT2D eigenvalue weighted by Crippen LogP contribution is 2.23.